The predicted octanol–water partition coefficient (Wildman–Crippen LogP) is 6.36. The second kappa shape index (κ2) is 13.0. The van der Waals surface area contributed by atoms with Crippen molar-refractivity contribution in [3.8, 4) is 0 Å². The molecule has 0 saturated heterocycles. The molecule has 1 nitrogen and oxygen atoms in total. The fourth-order valence-corrected chi connectivity index (χ4v) is 2.32. The molecule has 0 aromatic carbocycles. The Labute approximate surface area is 122 Å². The van der Waals surface area contributed by atoms with E-state index in [1.54, 1.807) is 0 Å². The Hall–Kier alpha value is -0.0400. The molecule has 0 fully saturated rings. The summed E-state index contributed by atoms with van der Waals surface area (Å²) in [6.45, 7) is 11.1. The molecule has 0 aromatic rings. The Morgan fingerprint density at radius 3 is 1.63 bits per heavy atom. The lowest BCUT2D eigenvalue weighted by Gasteiger charge is -2.17. The maximum absolute atomic E-state index is 5.69. The molecule has 0 aliphatic rings. The molecule has 0 unspecified atom stereocenters. The van der Waals surface area contributed by atoms with Gasteiger partial charge in [-0.2, -0.15) is 0 Å². The third-order valence-electron chi connectivity index (χ3n) is 3.61. The average Bonchev–Trinajstić information content (AvgIpc) is 2.34. The number of hydrogen-bond acceptors (Lipinski definition) is 1. The highest BCUT2D eigenvalue weighted by Gasteiger charge is 2.08. The zero-order valence-electron chi connectivity index (χ0n) is 14.1. The molecule has 0 amide bonds. The molecule has 0 aliphatic carbocycles. The van der Waals surface area contributed by atoms with Crippen molar-refractivity contribution in [2.45, 2.75) is 98.3 Å². The van der Waals surface area contributed by atoms with E-state index in [1.807, 2.05) is 0 Å². The van der Waals surface area contributed by atoms with Crippen LogP contribution in [0.3, 0.4) is 0 Å². The first-order valence-corrected chi connectivity index (χ1v) is 8.64. The van der Waals surface area contributed by atoms with Crippen molar-refractivity contribution in [3.63, 3.8) is 0 Å². The fraction of sp³-hybridized carbons (Fsp3) is 1.00. The molecule has 0 radical (unpaired) electrons. The minimum atomic E-state index is 0.459. The first-order valence-electron chi connectivity index (χ1n) is 8.64. The fourth-order valence-electron chi connectivity index (χ4n) is 2.32. The van der Waals surface area contributed by atoms with Crippen molar-refractivity contribution in [1.29, 1.82) is 0 Å². The third-order valence-corrected chi connectivity index (χ3v) is 3.61. The smallest absolute Gasteiger partial charge is 0.0466 e. The lowest BCUT2D eigenvalue weighted by Crippen LogP contribution is -2.07. The monoisotopic (exact) mass is 270 g/mol. The summed E-state index contributed by atoms with van der Waals surface area (Å²) in [5.74, 6) is 0. The van der Waals surface area contributed by atoms with Crippen molar-refractivity contribution in [2.75, 3.05) is 13.2 Å². The van der Waals surface area contributed by atoms with E-state index in [0.29, 0.717) is 5.41 Å². The number of hydrogen-bond donors (Lipinski definition) is 0. The first-order chi connectivity index (χ1) is 9.06. The van der Waals surface area contributed by atoms with Gasteiger partial charge < -0.3 is 4.74 Å². The third kappa shape index (κ3) is 18.0. The number of rotatable bonds is 13. The van der Waals surface area contributed by atoms with Crippen LogP contribution < -0.4 is 0 Å². The predicted molar refractivity (Wildman–Crippen MR) is 86.7 cm³/mol. The van der Waals surface area contributed by atoms with Crippen molar-refractivity contribution >= 4 is 0 Å². The van der Waals surface area contributed by atoms with Crippen LogP contribution >= 0.6 is 0 Å². The highest BCUT2D eigenvalue weighted by atomic mass is 16.5. The molecule has 0 heterocycles. The average molecular weight is 271 g/mol. The van der Waals surface area contributed by atoms with Crippen LogP contribution in [0, 0.1) is 5.41 Å². The van der Waals surface area contributed by atoms with E-state index in [9.17, 15) is 0 Å². The van der Waals surface area contributed by atoms with Crippen molar-refractivity contribution < 1.29 is 4.74 Å². The second-order valence-corrected chi connectivity index (χ2v) is 7.11. The van der Waals surface area contributed by atoms with E-state index < -0.39 is 0 Å². The zero-order chi connectivity index (χ0) is 14.4. The topological polar surface area (TPSA) is 9.23 Å². The maximum atomic E-state index is 5.69. The molecule has 1 heteroatoms. The summed E-state index contributed by atoms with van der Waals surface area (Å²) in [5, 5.41) is 0. The molecular formula is C18H38O. The molecule has 0 aromatic heterocycles. The van der Waals surface area contributed by atoms with Gasteiger partial charge in [0.15, 0.2) is 0 Å². The zero-order valence-corrected chi connectivity index (χ0v) is 14.1. The molecule has 116 valence electrons. The molecule has 0 rings (SSSR count). The van der Waals surface area contributed by atoms with Crippen LogP contribution in [-0.4, -0.2) is 13.2 Å². The molecule has 0 aliphatic heterocycles. The first kappa shape index (κ1) is 19.0. The normalized spacial score (nSPS) is 12.0. The van der Waals surface area contributed by atoms with Gasteiger partial charge in [0.2, 0.25) is 0 Å². The van der Waals surface area contributed by atoms with Crippen molar-refractivity contribution in [2.24, 2.45) is 5.41 Å². The standard InChI is InChI=1S/C18H38O/c1-5-6-7-8-9-10-11-12-13-16-19-17-14-15-18(2,3)4/h5-17H2,1-4H3. The van der Waals surface area contributed by atoms with Crippen molar-refractivity contribution in [1.82, 2.24) is 0 Å². The Bertz CT molecular complexity index is 169. The Morgan fingerprint density at radius 2 is 1.11 bits per heavy atom. The minimum Gasteiger partial charge on any atom is -0.381 e. The quantitative estimate of drug-likeness (QED) is 0.354. The van der Waals surface area contributed by atoms with Crippen LogP contribution in [0.1, 0.15) is 98.3 Å². The molecule has 19 heavy (non-hydrogen) atoms. The molecule has 0 N–H and O–H groups in total. The highest BCUT2D eigenvalue weighted by Crippen LogP contribution is 2.20. The molecular weight excluding hydrogens is 232 g/mol. The van der Waals surface area contributed by atoms with Crippen LogP contribution in [0.4, 0.5) is 0 Å². The van der Waals surface area contributed by atoms with E-state index in [-0.39, 0.29) is 0 Å². The van der Waals surface area contributed by atoms with Crippen LogP contribution in [0.15, 0.2) is 0 Å². The number of unbranched alkanes of at least 4 members (excludes halogenated alkanes) is 8. The second-order valence-electron chi connectivity index (χ2n) is 7.11. The Kier molecular flexibility index (Phi) is 12.9. The summed E-state index contributed by atoms with van der Waals surface area (Å²) in [6, 6.07) is 0. The summed E-state index contributed by atoms with van der Waals surface area (Å²) >= 11 is 0. The van der Waals surface area contributed by atoms with Crippen LogP contribution in [0.5, 0.6) is 0 Å². The van der Waals surface area contributed by atoms with Gasteiger partial charge in [0.25, 0.3) is 0 Å². The summed E-state index contributed by atoms with van der Waals surface area (Å²) in [6.07, 6.45) is 15.0. The lowest BCUT2D eigenvalue weighted by atomic mass is 9.91. The Morgan fingerprint density at radius 1 is 0.632 bits per heavy atom. The minimum absolute atomic E-state index is 0.459. The maximum Gasteiger partial charge on any atom is 0.0466 e. The molecule has 0 saturated carbocycles. The lowest BCUT2D eigenvalue weighted by molar-refractivity contribution is 0.118. The summed E-state index contributed by atoms with van der Waals surface area (Å²) in [5.41, 5.74) is 0.459. The van der Waals surface area contributed by atoms with E-state index in [4.69, 9.17) is 4.74 Å². The van der Waals surface area contributed by atoms with Gasteiger partial charge in [0.1, 0.15) is 0 Å². The van der Waals surface area contributed by atoms with Gasteiger partial charge >= 0.3 is 0 Å². The Balaban J connectivity index is 2.99. The summed E-state index contributed by atoms with van der Waals surface area (Å²) in [4.78, 5) is 0. The van der Waals surface area contributed by atoms with Gasteiger partial charge in [0.05, 0.1) is 0 Å². The van der Waals surface area contributed by atoms with Gasteiger partial charge in [-0.3, -0.25) is 0 Å². The highest BCUT2D eigenvalue weighted by molar-refractivity contribution is 4.60. The van der Waals surface area contributed by atoms with Gasteiger partial charge in [-0.05, 0) is 24.7 Å². The van der Waals surface area contributed by atoms with E-state index in [2.05, 4.69) is 27.7 Å². The van der Waals surface area contributed by atoms with E-state index in [1.165, 1.54) is 70.6 Å². The van der Waals surface area contributed by atoms with Crippen molar-refractivity contribution in [3.05, 3.63) is 0 Å². The largest absolute Gasteiger partial charge is 0.381 e. The molecule has 0 atom stereocenters. The summed E-state index contributed by atoms with van der Waals surface area (Å²) < 4.78 is 5.69. The SMILES string of the molecule is CCCCCCCCCCCOCCCC(C)(C)C. The van der Waals surface area contributed by atoms with E-state index >= 15 is 0 Å². The van der Waals surface area contributed by atoms with Crippen LogP contribution in [-0.2, 0) is 4.74 Å². The van der Waals surface area contributed by atoms with Gasteiger partial charge in [0, 0.05) is 13.2 Å². The van der Waals surface area contributed by atoms with Crippen LogP contribution in [0.2, 0.25) is 0 Å². The number of ether oxygens (including phenoxy) is 1. The molecule has 0 bridgehead atoms. The van der Waals surface area contributed by atoms with Gasteiger partial charge in [-0.15, -0.1) is 0 Å². The van der Waals surface area contributed by atoms with Gasteiger partial charge in [-0.1, -0.05) is 79.1 Å². The van der Waals surface area contributed by atoms with Gasteiger partial charge in [-0.25, -0.2) is 0 Å². The molecule has 0 spiro atoms. The van der Waals surface area contributed by atoms with E-state index in [0.717, 1.165) is 13.2 Å². The van der Waals surface area contributed by atoms with Crippen LogP contribution in [0.25, 0.3) is 0 Å². The summed E-state index contributed by atoms with van der Waals surface area (Å²) in [7, 11) is 0.